The van der Waals surface area contributed by atoms with Crippen LogP contribution in [-0.4, -0.2) is 35.3 Å². The van der Waals surface area contributed by atoms with Crippen LogP contribution in [0.4, 0.5) is 0 Å². The molecule has 5 heteroatoms. The molecule has 0 aromatic carbocycles. The zero-order valence-corrected chi connectivity index (χ0v) is 7.51. The summed E-state index contributed by atoms with van der Waals surface area (Å²) in [7, 11) is 0. The SMILES string of the molecule is Cl.O=C(C1CC1)C1NCCN1O. The van der Waals surface area contributed by atoms with E-state index in [1.807, 2.05) is 0 Å². The van der Waals surface area contributed by atoms with Crippen LogP contribution in [0, 0.1) is 5.92 Å². The minimum atomic E-state index is -0.414. The van der Waals surface area contributed by atoms with E-state index >= 15 is 0 Å². The molecule has 0 aromatic rings. The molecule has 0 spiro atoms. The third kappa shape index (κ3) is 1.77. The summed E-state index contributed by atoms with van der Waals surface area (Å²) < 4.78 is 0. The monoisotopic (exact) mass is 192 g/mol. The first kappa shape index (κ1) is 9.92. The van der Waals surface area contributed by atoms with Gasteiger partial charge >= 0.3 is 0 Å². The van der Waals surface area contributed by atoms with Gasteiger partial charge in [-0.05, 0) is 12.8 Å². The minimum absolute atomic E-state index is 0. The predicted octanol–water partition coefficient (Wildman–Crippen LogP) is 0.00780. The summed E-state index contributed by atoms with van der Waals surface area (Å²) in [6, 6.07) is 0. The molecule has 4 nitrogen and oxygen atoms in total. The molecule has 1 aliphatic heterocycles. The molecule has 2 aliphatic rings. The van der Waals surface area contributed by atoms with Gasteiger partial charge in [0.15, 0.2) is 5.78 Å². The van der Waals surface area contributed by atoms with Crippen molar-refractivity contribution in [2.24, 2.45) is 5.92 Å². The molecule has 1 atom stereocenters. The lowest BCUT2D eigenvalue weighted by Gasteiger charge is -2.14. The molecule has 0 aromatic heterocycles. The standard InChI is InChI=1S/C7H12N2O2.ClH/c10-6(5-1-2-5)7-8-3-4-9(7)11;/h5,7-8,11H,1-4H2;1H. The maximum absolute atomic E-state index is 11.4. The van der Waals surface area contributed by atoms with E-state index in [2.05, 4.69) is 5.32 Å². The highest BCUT2D eigenvalue weighted by Gasteiger charge is 2.39. The van der Waals surface area contributed by atoms with Crippen molar-refractivity contribution in [2.45, 2.75) is 19.0 Å². The van der Waals surface area contributed by atoms with E-state index in [4.69, 9.17) is 0 Å². The highest BCUT2D eigenvalue weighted by molar-refractivity contribution is 5.87. The number of Topliss-reactive ketones (excluding diaryl/α,β-unsaturated/α-hetero) is 1. The van der Waals surface area contributed by atoms with Crippen LogP contribution in [0.25, 0.3) is 0 Å². The summed E-state index contributed by atoms with van der Waals surface area (Å²) in [4.78, 5) is 11.4. The Kier molecular flexibility index (Phi) is 3.06. The van der Waals surface area contributed by atoms with Gasteiger partial charge in [-0.15, -0.1) is 12.4 Å². The van der Waals surface area contributed by atoms with Crippen LogP contribution in [0.1, 0.15) is 12.8 Å². The maximum Gasteiger partial charge on any atom is 0.169 e. The molecule has 1 saturated heterocycles. The predicted molar refractivity (Wildman–Crippen MR) is 45.3 cm³/mol. The minimum Gasteiger partial charge on any atom is -0.312 e. The number of carbonyl (C=O) groups excluding carboxylic acids is 1. The molecule has 1 heterocycles. The van der Waals surface area contributed by atoms with Crippen molar-refractivity contribution in [3.05, 3.63) is 0 Å². The van der Waals surface area contributed by atoms with E-state index in [0.717, 1.165) is 17.9 Å². The molecule has 70 valence electrons. The van der Waals surface area contributed by atoms with Gasteiger partial charge in [-0.3, -0.25) is 10.1 Å². The van der Waals surface area contributed by atoms with Gasteiger partial charge < -0.3 is 5.21 Å². The molecular weight excluding hydrogens is 180 g/mol. The molecule has 1 unspecified atom stereocenters. The molecule has 2 fully saturated rings. The van der Waals surface area contributed by atoms with Gasteiger partial charge in [-0.25, -0.2) is 0 Å². The highest BCUT2D eigenvalue weighted by atomic mass is 35.5. The Bertz CT molecular complexity index is 184. The Hall–Kier alpha value is -0.160. The fourth-order valence-corrected chi connectivity index (χ4v) is 1.39. The number of hydrogen-bond donors (Lipinski definition) is 2. The Morgan fingerprint density at radius 1 is 1.50 bits per heavy atom. The smallest absolute Gasteiger partial charge is 0.169 e. The number of nitrogens with one attached hydrogen (secondary N) is 1. The van der Waals surface area contributed by atoms with Gasteiger partial charge in [-0.1, -0.05) is 0 Å². The number of halogens is 1. The second kappa shape index (κ2) is 3.70. The van der Waals surface area contributed by atoms with Gasteiger partial charge in [0.2, 0.25) is 0 Å². The summed E-state index contributed by atoms with van der Waals surface area (Å²) in [5, 5.41) is 13.2. The first-order chi connectivity index (χ1) is 5.29. The second-order valence-corrected chi connectivity index (χ2v) is 3.20. The average molecular weight is 193 g/mol. The second-order valence-electron chi connectivity index (χ2n) is 3.20. The Morgan fingerprint density at radius 3 is 2.58 bits per heavy atom. The maximum atomic E-state index is 11.4. The zero-order valence-electron chi connectivity index (χ0n) is 6.69. The van der Waals surface area contributed by atoms with Crippen LogP contribution >= 0.6 is 12.4 Å². The summed E-state index contributed by atoms with van der Waals surface area (Å²) >= 11 is 0. The van der Waals surface area contributed by atoms with Crippen LogP contribution in [0.2, 0.25) is 0 Å². The third-order valence-electron chi connectivity index (χ3n) is 2.23. The lowest BCUT2D eigenvalue weighted by Crippen LogP contribution is -2.41. The fraction of sp³-hybridized carbons (Fsp3) is 0.857. The van der Waals surface area contributed by atoms with Gasteiger partial charge in [0.1, 0.15) is 6.17 Å². The van der Waals surface area contributed by atoms with Gasteiger partial charge in [0, 0.05) is 19.0 Å². The van der Waals surface area contributed by atoms with E-state index < -0.39 is 6.17 Å². The summed E-state index contributed by atoms with van der Waals surface area (Å²) in [6.45, 7) is 1.27. The third-order valence-corrected chi connectivity index (χ3v) is 2.23. The highest BCUT2D eigenvalue weighted by Crippen LogP contribution is 2.31. The number of rotatable bonds is 2. The van der Waals surface area contributed by atoms with Crippen molar-refractivity contribution in [1.29, 1.82) is 0 Å². The Balaban J connectivity index is 0.000000720. The van der Waals surface area contributed by atoms with Crippen LogP contribution in [-0.2, 0) is 4.79 Å². The molecule has 1 aliphatic carbocycles. The molecule has 2 rings (SSSR count). The van der Waals surface area contributed by atoms with Crippen molar-refractivity contribution >= 4 is 18.2 Å². The van der Waals surface area contributed by atoms with Crippen molar-refractivity contribution in [3.8, 4) is 0 Å². The molecular formula is C7H13ClN2O2. The van der Waals surface area contributed by atoms with Crippen LogP contribution in [0.5, 0.6) is 0 Å². The van der Waals surface area contributed by atoms with Crippen molar-refractivity contribution in [2.75, 3.05) is 13.1 Å². The number of ketones is 1. The average Bonchev–Trinajstić information content (AvgIpc) is 2.74. The van der Waals surface area contributed by atoms with Crippen LogP contribution in [0.3, 0.4) is 0 Å². The van der Waals surface area contributed by atoms with Gasteiger partial charge in [0.05, 0.1) is 0 Å². The van der Waals surface area contributed by atoms with Gasteiger partial charge in [-0.2, -0.15) is 5.06 Å². The summed E-state index contributed by atoms with van der Waals surface area (Å²) in [6.07, 6.45) is 1.60. The summed E-state index contributed by atoms with van der Waals surface area (Å²) in [5.74, 6) is 0.380. The molecule has 0 bridgehead atoms. The number of carbonyl (C=O) groups is 1. The molecule has 12 heavy (non-hydrogen) atoms. The van der Waals surface area contributed by atoms with E-state index in [9.17, 15) is 10.0 Å². The number of hydroxylamine groups is 2. The lowest BCUT2D eigenvalue weighted by molar-refractivity contribution is -0.146. The van der Waals surface area contributed by atoms with E-state index in [1.165, 1.54) is 0 Å². The normalized spacial score (nSPS) is 29.9. The van der Waals surface area contributed by atoms with Crippen LogP contribution < -0.4 is 5.32 Å². The van der Waals surface area contributed by atoms with Crippen LogP contribution in [0.15, 0.2) is 0 Å². The van der Waals surface area contributed by atoms with Crippen molar-refractivity contribution in [3.63, 3.8) is 0 Å². The van der Waals surface area contributed by atoms with Gasteiger partial charge in [0.25, 0.3) is 0 Å². The number of nitrogens with zero attached hydrogens (tertiary/aromatic N) is 1. The Morgan fingerprint density at radius 2 is 2.17 bits per heavy atom. The largest absolute Gasteiger partial charge is 0.312 e. The van der Waals surface area contributed by atoms with E-state index in [-0.39, 0.29) is 24.1 Å². The zero-order chi connectivity index (χ0) is 7.84. The van der Waals surface area contributed by atoms with Crippen molar-refractivity contribution in [1.82, 2.24) is 10.4 Å². The van der Waals surface area contributed by atoms with E-state index in [0.29, 0.717) is 13.1 Å². The molecule has 0 amide bonds. The first-order valence-electron chi connectivity index (χ1n) is 4.01. The lowest BCUT2D eigenvalue weighted by atomic mass is 10.2. The van der Waals surface area contributed by atoms with E-state index in [1.54, 1.807) is 0 Å². The topological polar surface area (TPSA) is 52.6 Å². The molecule has 0 radical (unpaired) electrons. The van der Waals surface area contributed by atoms with Crippen molar-refractivity contribution < 1.29 is 10.0 Å². The molecule has 2 N–H and O–H groups in total. The quantitative estimate of drug-likeness (QED) is 0.647. The first-order valence-corrected chi connectivity index (χ1v) is 4.01. The fourth-order valence-electron chi connectivity index (χ4n) is 1.39. The molecule has 1 saturated carbocycles. The summed E-state index contributed by atoms with van der Waals surface area (Å²) in [5.41, 5.74) is 0. The number of hydrogen-bond acceptors (Lipinski definition) is 4. The Labute approximate surface area is 77.3 Å².